The largest absolute Gasteiger partial charge is 0.460 e. The predicted octanol–water partition coefficient (Wildman–Crippen LogP) is 3.87. The quantitative estimate of drug-likeness (QED) is 0.429. The standard InChI is InChI=1S/C11H17NO3.C8H16O2.C6H9NO.CH2O/c1-5-12-7-6-8(9(12)13)10(14)15-11(2,3)4;1-6(2)7(9)10-8(3,4)5;1-2-7-5-3-4-6(7)8;1-2/h5,8H,1,6-7H2,2-4H3;6H,1-5H3;2H,1,3-5H2;1H2. The number of carbonyl (C=O) groups excluding carboxylic acids is 5. The number of hydrogen-bond acceptors (Lipinski definition) is 7. The molecule has 1 atom stereocenters. The molecule has 2 aliphatic heterocycles. The zero-order chi connectivity index (χ0) is 28.0. The molecule has 0 aliphatic carbocycles. The van der Waals surface area contributed by atoms with Gasteiger partial charge in [-0.1, -0.05) is 27.0 Å². The molecule has 0 radical (unpaired) electrons. The van der Waals surface area contributed by atoms with Crippen LogP contribution >= 0.6 is 0 Å². The van der Waals surface area contributed by atoms with E-state index in [4.69, 9.17) is 14.3 Å². The second-order valence-electron chi connectivity index (χ2n) is 10.2. The fourth-order valence-corrected chi connectivity index (χ4v) is 2.76. The van der Waals surface area contributed by atoms with E-state index in [9.17, 15) is 19.2 Å². The number of amides is 2. The molecule has 0 spiro atoms. The van der Waals surface area contributed by atoms with Crippen molar-refractivity contribution in [1.82, 2.24) is 9.80 Å². The number of esters is 2. The third-order valence-electron chi connectivity index (χ3n) is 4.36. The Hall–Kier alpha value is -2.97. The molecule has 0 aromatic rings. The minimum absolute atomic E-state index is 0.0285. The fourth-order valence-electron chi connectivity index (χ4n) is 2.76. The SMILES string of the molecule is C=CN1CCC(C(=O)OC(C)(C)C)C1=O.C=CN1CCCC1=O.C=O.CC(C)C(=O)OC(C)(C)C. The first-order valence-electron chi connectivity index (χ1n) is 11.6. The molecule has 2 rings (SSSR count). The van der Waals surface area contributed by atoms with Gasteiger partial charge in [-0.2, -0.15) is 0 Å². The molecule has 0 aromatic heterocycles. The van der Waals surface area contributed by atoms with Gasteiger partial charge in [-0.25, -0.2) is 0 Å². The van der Waals surface area contributed by atoms with Gasteiger partial charge in [0.25, 0.3) is 0 Å². The number of ether oxygens (including phenoxy) is 2. The van der Waals surface area contributed by atoms with Crippen molar-refractivity contribution in [3.05, 3.63) is 25.6 Å². The van der Waals surface area contributed by atoms with E-state index >= 15 is 0 Å². The Labute approximate surface area is 210 Å². The molecule has 0 N–H and O–H groups in total. The van der Waals surface area contributed by atoms with E-state index in [0.29, 0.717) is 19.4 Å². The van der Waals surface area contributed by atoms with Crippen molar-refractivity contribution in [3.8, 4) is 0 Å². The van der Waals surface area contributed by atoms with Gasteiger partial charge in [0.2, 0.25) is 11.8 Å². The Morgan fingerprint density at radius 3 is 1.66 bits per heavy atom. The van der Waals surface area contributed by atoms with Gasteiger partial charge >= 0.3 is 11.9 Å². The number of nitrogens with zero attached hydrogens (tertiary/aromatic N) is 2. The minimum atomic E-state index is -0.651. The van der Waals surface area contributed by atoms with E-state index in [1.807, 2.05) is 41.4 Å². The lowest BCUT2D eigenvalue weighted by molar-refractivity contribution is -0.162. The van der Waals surface area contributed by atoms with Crippen LogP contribution in [0.2, 0.25) is 0 Å². The van der Waals surface area contributed by atoms with Crippen LogP contribution in [0.1, 0.15) is 74.7 Å². The molecule has 200 valence electrons. The predicted molar refractivity (Wildman–Crippen MR) is 135 cm³/mol. The molecular formula is C26H44N2O7. The molecule has 2 fully saturated rings. The van der Waals surface area contributed by atoms with Gasteiger partial charge in [0, 0.05) is 19.5 Å². The second kappa shape index (κ2) is 15.8. The molecule has 0 saturated carbocycles. The molecular weight excluding hydrogens is 452 g/mol. The highest BCUT2D eigenvalue weighted by molar-refractivity contribution is 5.99. The van der Waals surface area contributed by atoms with E-state index in [2.05, 4.69) is 13.2 Å². The van der Waals surface area contributed by atoms with E-state index in [-0.39, 0.29) is 29.3 Å². The number of rotatable bonds is 4. The fraction of sp³-hybridized carbons (Fsp3) is 0.654. The molecule has 2 aliphatic rings. The van der Waals surface area contributed by atoms with Gasteiger partial charge in [-0.05, 0) is 66.8 Å². The van der Waals surface area contributed by atoms with E-state index < -0.39 is 17.5 Å². The van der Waals surface area contributed by atoms with Gasteiger partial charge in [-0.3, -0.25) is 19.2 Å². The summed E-state index contributed by atoms with van der Waals surface area (Å²) >= 11 is 0. The van der Waals surface area contributed by atoms with Crippen LogP contribution in [0.5, 0.6) is 0 Å². The van der Waals surface area contributed by atoms with Crippen LogP contribution in [0.4, 0.5) is 0 Å². The summed E-state index contributed by atoms with van der Waals surface area (Å²) in [5.41, 5.74) is -0.889. The van der Waals surface area contributed by atoms with Crippen molar-refractivity contribution in [2.75, 3.05) is 13.1 Å². The van der Waals surface area contributed by atoms with Crippen LogP contribution in [0.15, 0.2) is 25.6 Å². The summed E-state index contributed by atoms with van der Waals surface area (Å²) in [7, 11) is 0. The Morgan fingerprint density at radius 1 is 0.914 bits per heavy atom. The maximum atomic E-state index is 11.6. The highest BCUT2D eigenvalue weighted by Crippen LogP contribution is 2.22. The van der Waals surface area contributed by atoms with Crippen LogP contribution in [0, 0.1) is 11.8 Å². The highest BCUT2D eigenvalue weighted by atomic mass is 16.6. The molecule has 0 bridgehead atoms. The summed E-state index contributed by atoms with van der Waals surface area (Å²) in [5, 5.41) is 0. The molecule has 2 heterocycles. The first-order valence-corrected chi connectivity index (χ1v) is 11.6. The molecule has 2 saturated heterocycles. The lowest BCUT2D eigenvalue weighted by atomic mass is 10.1. The molecule has 35 heavy (non-hydrogen) atoms. The molecule has 9 heteroatoms. The summed E-state index contributed by atoms with van der Waals surface area (Å²) < 4.78 is 10.2. The maximum Gasteiger partial charge on any atom is 0.319 e. The first kappa shape index (κ1) is 34.2. The van der Waals surface area contributed by atoms with Crippen LogP contribution in [0.3, 0.4) is 0 Å². The van der Waals surface area contributed by atoms with Gasteiger partial charge in [-0.15, -0.1) is 0 Å². The minimum Gasteiger partial charge on any atom is -0.460 e. The van der Waals surface area contributed by atoms with Crippen LogP contribution in [0.25, 0.3) is 0 Å². The average Bonchev–Trinajstić information content (AvgIpc) is 3.32. The normalized spacial score (nSPS) is 17.2. The number of likely N-dealkylation sites (tertiary alicyclic amines) is 2. The van der Waals surface area contributed by atoms with Gasteiger partial charge in [0.05, 0.1) is 5.92 Å². The van der Waals surface area contributed by atoms with Crippen LogP contribution in [-0.4, -0.2) is 64.6 Å². The Kier molecular flexibility index (Phi) is 15.5. The Bertz CT molecular complexity index is 733. The highest BCUT2D eigenvalue weighted by Gasteiger charge is 2.38. The summed E-state index contributed by atoms with van der Waals surface area (Å²) in [6.07, 6.45) is 5.25. The third-order valence-corrected chi connectivity index (χ3v) is 4.36. The smallest absolute Gasteiger partial charge is 0.319 e. The maximum absolute atomic E-state index is 11.6. The topological polar surface area (TPSA) is 110 Å². The van der Waals surface area contributed by atoms with Crippen molar-refractivity contribution in [2.45, 2.75) is 85.9 Å². The lowest BCUT2D eigenvalue weighted by Gasteiger charge is -2.21. The zero-order valence-electron chi connectivity index (χ0n) is 22.7. The molecule has 9 nitrogen and oxygen atoms in total. The van der Waals surface area contributed by atoms with Gasteiger partial charge in [0.15, 0.2) is 0 Å². The lowest BCUT2D eigenvalue weighted by Crippen LogP contribution is -2.33. The number of carbonyl (C=O) groups is 5. The van der Waals surface area contributed by atoms with Crippen LogP contribution < -0.4 is 0 Å². The van der Waals surface area contributed by atoms with E-state index in [1.54, 1.807) is 31.9 Å². The van der Waals surface area contributed by atoms with Crippen molar-refractivity contribution in [2.24, 2.45) is 11.8 Å². The summed E-state index contributed by atoms with van der Waals surface area (Å²) in [4.78, 5) is 55.9. The first-order chi connectivity index (χ1) is 16.0. The summed E-state index contributed by atoms with van der Waals surface area (Å²) in [6.45, 7) is 25.0. The van der Waals surface area contributed by atoms with Crippen molar-refractivity contribution >= 4 is 30.5 Å². The average molecular weight is 497 g/mol. The third kappa shape index (κ3) is 14.8. The van der Waals surface area contributed by atoms with Crippen LogP contribution in [-0.2, 0) is 33.4 Å². The Morgan fingerprint density at radius 2 is 1.40 bits per heavy atom. The number of hydrogen-bond donors (Lipinski definition) is 0. The van der Waals surface area contributed by atoms with E-state index in [1.165, 1.54) is 11.1 Å². The van der Waals surface area contributed by atoms with Crippen molar-refractivity contribution in [1.29, 1.82) is 0 Å². The molecule has 1 unspecified atom stereocenters. The molecule has 2 amide bonds. The van der Waals surface area contributed by atoms with Crippen molar-refractivity contribution in [3.63, 3.8) is 0 Å². The summed E-state index contributed by atoms with van der Waals surface area (Å²) in [6, 6.07) is 0. The van der Waals surface area contributed by atoms with Gasteiger partial charge in [0.1, 0.15) is 23.9 Å². The van der Waals surface area contributed by atoms with Crippen molar-refractivity contribution < 1.29 is 33.4 Å². The monoisotopic (exact) mass is 496 g/mol. The van der Waals surface area contributed by atoms with Gasteiger partial charge < -0.3 is 24.1 Å². The van der Waals surface area contributed by atoms with E-state index in [0.717, 1.165) is 13.0 Å². The molecule has 0 aromatic carbocycles. The summed E-state index contributed by atoms with van der Waals surface area (Å²) in [5.74, 6) is -1.25. The zero-order valence-corrected chi connectivity index (χ0v) is 22.7. The Balaban J connectivity index is 0. The second-order valence-corrected chi connectivity index (χ2v) is 10.2.